The first-order valence-electron chi connectivity index (χ1n) is 5.83. The van der Waals surface area contributed by atoms with Crippen LogP contribution in [0.5, 0.6) is 5.75 Å². The lowest BCUT2D eigenvalue weighted by Crippen LogP contribution is -2.01. The predicted octanol–water partition coefficient (Wildman–Crippen LogP) is 2.12. The van der Waals surface area contributed by atoms with Crippen molar-refractivity contribution < 1.29 is 9.53 Å². The van der Waals surface area contributed by atoms with Crippen LogP contribution in [-0.2, 0) is 6.61 Å². The summed E-state index contributed by atoms with van der Waals surface area (Å²) < 4.78 is 7.19. The van der Waals surface area contributed by atoms with Gasteiger partial charge in [0.25, 0.3) is 0 Å². The van der Waals surface area contributed by atoms with E-state index >= 15 is 0 Å². The highest BCUT2D eigenvalue weighted by Gasteiger charge is 2.08. The fourth-order valence-electron chi connectivity index (χ4n) is 1.84. The maximum Gasteiger partial charge on any atom is 0.198 e. The van der Waals surface area contributed by atoms with Crippen LogP contribution in [0.15, 0.2) is 48.8 Å². The zero-order chi connectivity index (χ0) is 13.1. The van der Waals surface area contributed by atoms with Gasteiger partial charge in [0.05, 0.1) is 0 Å². The Hall–Kier alpha value is -2.69. The Kier molecular flexibility index (Phi) is 2.94. The van der Waals surface area contributed by atoms with Gasteiger partial charge < -0.3 is 4.74 Å². The molecule has 0 N–H and O–H groups in total. The average molecular weight is 253 g/mol. The Bertz CT molecular complexity index is 707. The van der Waals surface area contributed by atoms with E-state index in [2.05, 4.69) is 10.1 Å². The maximum absolute atomic E-state index is 10.9. The van der Waals surface area contributed by atoms with Gasteiger partial charge in [-0.1, -0.05) is 30.3 Å². The molecular formula is C14H11N3O2. The van der Waals surface area contributed by atoms with E-state index in [1.165, 1.54) is 10.8 Å². The number of rotatable bonds is 4. The summed E-state index contributed by atoms with van der Waals surface area (Å²) >= 11 is 0. The Balaban J connectivity index is 1.89. The maximum atomic E-state index is 10.9. The molecule has 0 atom stereocenters. The van der Waals surface area contributed by atoms with Crippen molar-refractivity contribution in [3.63, 3.8) is 0 Å². The van der Waals surface area contributed by atoms with Crippen molar-refractivity contribution in [1.82, 2.24) is 14.6 Å². The molecule has 0 saturated heterocycles. The second-order valence-electron chi connectivity index (χ2n) is 4.01. The van der Waals surface area contributed by atoms with Crippen molar-refractivity contribution in [3.05, 3.63) is 60.0 Å². The van der Waals surface area contributed by atoms with Crippen molar-refractivity contribution in [2.24, 2.45) is 0 Å². The molecule has 0 fully saturated rings. The van der Waals surface area contributed by atoms with E-state index in [1.54, 1.807) is 12.1 Å². The molecule has 0 saturated carbocycles. The quantitative estimate of drug-likeness (QED) is 0.668. The molecule has 0 spiro atoms. The molecule has 5 nitrogen and oxygen atoms in total. The molecule has 0 aliphatic rings. The summed E-state index contributed by atoms with van der Waals surface area (Å²) in [6, 6.07) is 13.2. The Morgan fingerprint density at radius 1 is 1.16 bits per heavy atom. The van der Waals surface area contributed by atoms with Crippen molar-refractivity contribution >= 4 is 11.9 Å². The molecule has 0 aliphatic carbocycles. The van der Waals surface area contributed by atoms with E-state index in [1.807, 2.05) is 30.3 Å². The van der Waals surface area contributed by atoms with Crippen LogP contribution < -0.4 is 4.74 Å². The standard InChI is InChI=1S/C14H11N3O2/c18-8-12-6-7-13(14-15-10-16-17(12)14)19-9-11-4-2-1-3-5-11/h1-8,10H,9H2. The third-order valence-corrected chi connectivity index (χ3v) is 2.78. The number of hydrogen-bond acceptors (Lipinski definition) is 4. The second-order valence-corrected chi connectivity index (χ2v) is 4.01. The smallest absolute Gasteiger partial charge is 0.198 e. The van der Waals surface area contributed by atoms with Crippen LogP contribution in [0.1, 0.15) is 16.1 Å². The van der Waals surface area contributed by atoms with Crippen LogP contribution in [-0.4, -0.2) is 20.9 Å². The Morgan fingerprint density at radius 3 is 2.79 bits per heavy atom. The fourth-order valence-corrected chi connectivity index (χ4v) is 1.84. The summed E-state index contributed by atoms with van der Waals surface area (Å²) in [6.45, 7) is 0.448. The SMILES string of the molecule is O=Cc1ccc(OCc2ccccc2)c2ncnn12. The normalized spacial score (nSPS) is 10.5. The molecule has 0 aliphatic heterocycles. The van der Waals surface area contributed by atoms with Crippen LogP contribution >= 0.6 is 0 Å². The lowest BCUT2D eigenvalue weighted by atomic mass is 10.2. The number of benzene rings is 1. The van der Waals surface area contributed by atoms with E-state index in [-0.39, 0.29) is 0 Å². The molecule has 0 bridgehead atoms. The summed E-state index contributed by atoms with van der Waals surface area (Å²) in [5.41, 5.74) is 2.06. The molecule has 2 aromatic heterocycles. The lowest BCUT2D eigenvalue weighted by molar-refractivity contribution is 0.111. The molecule has 3 rings (SSSR count). The highest BCUT2D eigenvalue weighted by Crippen LogP contribution is 2.19. The molecule has 0 amide bonds. The molecule has 0 unspecified atom stereocenters. The second kappa shape index (κ2) is 4.89. The fraction of sp³-hybridized carbons (Fsp3) is 0.0714. The van der Waals surface area contributed by atoms with E-state index in [0.717, 1.165) is 11.8 Å². The minimum Gasteiger partial charge on any atom is -0.485 e. The predicted molar refractivity (Wildman–Crippen MR) is 69.1 cm³/mol. The van der Waals surface area contributed by atoms with E-state index in [4.69, 9.17) is 4.74 Å². The molecule has 94 valence electrons. The summed E-state index contributed by atoms with van der Waals surface area (Å²) in [5, 5.41) is 4.00. The minimum absolute atomic E-state index is 0.444. The zero-order valence-electron chi connectivity index (χ0n) is 10.1. The van der Waals surface area contributed by atoms with Crippen molar-refractivity contribution in [1.29, 1.82) is 0 Å². The van der Waals surface area contributed by atoms with Gasteiger partial charge in [-0.2, -0.15) is 5.10 Å². The Morgan fingerprint density at radius 2 is 2.00 bits per heavy atom. The van der Waals surface area contributed by atoms with Gasteiger partial charge in [0.2, 0.25) is 0 Å². The van der Waals surface area contributed by atoms with Crippen LogP contribution in [0, 0.1) is 0 Å². The number of aromatic nitrogens is 3. The van der Waals surface area contributed by atoms with Crippen molar-refractivity contribution in [2.75, 3.05) is 0 Å². The average Bonchev–Trinajstić information content (AvgIpc) is 2.95. The minimum atomic E-state index is 0.444. The molecule has 2 heterocycles. The van der Waals surface area contributed by atoms with Gasteiger partial charge in [0.15, 0.2) is 17.7 Å². The summed E-state index contributed by atoms with van der Waals surface area (Å²) in [5.74, 6) is 0.604. The van der Waals surface area contributed by atoms with Gasteiger partial charge in [0, 0.05) is 0 Å². The van der Waals surface area contributed by atoms with Gasteiger partial charge in [-0.15, -0.1) is 0 Å². The third-order valence-electron chi connectivity index (χ3n) is 2.78. The van der Waals surface area contributed by atoms with E-state index < -0.39 is 0 Å². The first-order chi connectivity index (χ1) is 9.38. The summed E-state index contributed by atoms with van der Waals surface area (Å²) in [4.78, 5) is 15.0. The lowest BCUT2D eigenvalue weighted by Gasteiger charge is -2.07. The molecule has 19 heavy (non-hydrogen) atoms. The van der Waals surface area contributed by atoms with Gasteiger partial charge in [-0.25, -0.2) is 9.50 Å². The highest BCUT2D eigenvalue weighted by atomic mass is 16.5. The van der Waals surface area contributed by atoms with Crippen LogP contribution in [0.25, 0.3) is 5.65 Å². The number of ether oxygens (including phenoxy) is 1. The van der Waals surface area contributed by atoms with Gasteiger partial charge in [-0.3, -0.25) is 4.79 Å². The van der Waals surface area contributed by atoms with E-state index in [0.29, 0.717) is 23.7 Å². The highest BCUT2D eigenvalue weighted by molar-refractivity contribution is 5.74. The summed E-state index contributed by atoms with van der Waals surface area (Å²) in [6.07, 6.45) is 2.14. The zero-order valence-corrected chi connectivity index (χ0v) is 10.1. The van der Waals surface area contributed by atoms with Crippen molar-refractivity contribution in [3.8, 4) is 5.75 Å². The van der Waals surface area contributed by atoms with Gasteiger partial charge >= 0.3 is 0 Å². The first-order valence-corrected chi connectivity index (χ1v) is 5.83. The molecule has 5 heteroatoms. The number of aldehydes is 1. The Labute approximate surface area is 109 Å². The van der Waals surface area contributed by atoms with E-state index in [9.17, 15) is 4.79 Å². The third kappa shape index (κ3) is 2.18. The van der Waals surface area contributed by atoms with Crippen molar-refractivity contribution in [2.45, 2.75) is 6.61 Å². The van der Waals surface area contributed by atoms with Crippen LogP contribution in [0.3, 0.4) is 0 Å². The van der Waals surface area contributed by atoms with Crippen LogP contribution in [0.4, 0.5) is 0 Å². The molecule has 3 aromatic rings. The monoisotopic (exact) mass is 253 g/mol. The number of nitrogens with zero attached hydrogens (tertiary/aromatic N) is 3. The topological polar surface area (TPSA) is 56.5 Å². The van der Waals surface area contributed by atoms with Crippen LogP contribution in [0.2, 0.25) is 0 Å². The number of carbonyl (C=O) groups excluding carboxylic acids is 1. The molecular weight excluding hydrogens is 242 g/mol. The number of pyridine rings is 1. The number of fused-ring (bicyclic) bond motifs is 1. The molecule has 1 aromatic carbocycles. The largest absolute Gasteiger partial charge is 0.485 e. The summed E-state index contributed by atoms with van der Waals surface area (Å²) in [7, 11) is 0. The van der Waals surface area contributed by atoms with Gasteiger partial charge in [-0.05, 0) is 17.7 Å². The number of hydrogen-bond donors (Lipinski definition) is 0. The number of carbonyl (C=O) groups is 1. The molecule has 0 radical (unpaired) electrons. The first kappa shape index (κ1) is 11.4. The van der Waals surface area contributed by atoms with Gasteiger partial charge in [0.1, 0.15) is 18.6 Å².